The third-order valence-electron chi connectivity index (χ3n) is 2.65. The second-order valence-electron chi connectivity index (χ2n) is 3.91. The molecule has 0 spiro atoms. The van der Waals surface area contributed by atoms with E-state index in [1.807, 2.05) is 25.1 Å². The lowest BCUT2D eigenvalue weighted by molar-refractivity contribution is -0.144. The number of hydrogen-bond acceptors (Lipinski definition) is 2. The van der Waals surface area contributed by atoms with Crippen molar-refractivity contribution in [1.29, 1.82) is 0 Å². The maximum Gasteiger partial charge on any atom is 0.277 e. The highest BCUT2D eigenvalue weighted by Gasteiger charge is 2.20. The molecule has 0 N–H and O–H groups in total. The van der Waals surface area contributed by atoms with Gasteiger partial charge in [-0.1, -0.05) is 15.9 Å². The average Bonchev–Trinajstić information content (AvgIpc) is 2.29. The third-order valence-corrected chi connectivity index (χ3v) is 3.14. The summed E-state index contributed by atoms with van der Waals surface area (Å²) < 4.78 is 0.987. The van der Waals surface area contributed by atoms with Crippen molar-refractivity contribution in [3.05, 3.63) is 33.8 Å². The van der Waals surface area contributed by atoms with E-state index < -0.39 is 0 Å². The summed E-state index contributed by atoms with van der Waals surface area (Å²) in [5.74, 6) is -0.0373. The standard InChI is InChI=1S/C12H14BrNO2/c1-9-8-10(13)4-5-11(9)12(15)14-6-2-3-7-16-14/h4-5,8H,2-3,6-7H2,1H3. The zero-order chi connectivity index (χ0) is 11.5. The van der Waals surface area contributed by atoms with E-state index in [2.05, 4.69) is 15.9 Å². The Hall–Kier alpha value is -0.870. The Morgan fingerprint density at radius 2 is 2.25 bits per heavy atom. The van der Waals surface area contributed by atoms with Gasteiger partial charge in [0.15, 0.2) is 0 Å². The average molecular weight is 284 g/mol. The van der Waals surface area contributed by atoms with E-state index in [0.717, 1.165) is 22.9 Å². The van der Waals surface area contributed by atoms with Crippen LogP contribution in [0, 0.1) is 6.92 Å². The van der Waals surface area contributed by atoms with Crippen molar-refractivity contribution in [2.75, 3.05) is 13.2 Å². The molecule has 0 radical (unpaired) electrons. The Labute approximate surface area is 103 Å². The van der Waals surface area contributed by atoms with Crippen LogP contribution in [0.4, 0.5) is 0 Å². The van der Waals surface area contributed by atoms with Gasteiger partial charge in [0.25, 0.3) is 5.91 Å². The van der Waals surface area contributed by atoms with Gasteiger partial charge in [0, 0.05) is 16.6 Å². The molecule has 16 heavy (non-hydrogen) atoms. The van der Waals surface area contributed by atoms with Gasteiger partial charge in [0.05, 0.1) is 6.61 Å². The van der Waals surface area contributed by atoms with Gasteiger partial charge in [-0.2, -0.15) is 0 Å². The van der Waals surface area contributed by atoms with Crippen molar-refractivity contribution >= 4 is 21.8 Å². The monoisotopic (exact) mass is 283 g/mol. The number of rotatable bonds is 1. The number of hydrogen-bond donors (Lipinski definition) is 0. The lowest BCUT2D eigenvalue weighted by Crippen LogP contribution is -2.36. The van der Waals surface area contributed by atoms with Gasteiger partial charge in [-0.15, -0.1) is 0 Å². The number of nitrogens with zero attached hydrogens (tertiary/aromatic N) is 1. The van der Waals surface area contributed by atoms with Crippen LogP contribution in [-0.2, 0) is 4.84 Å². The van der Waals surface area contributed by atoms with Gasteiger partial charge < -0.3 is 0 Å². The maximum absolute atomic E-state index is 12.1. The fourth-order valence-electron chi connectivity index (χ4n) is 1.76. The SMILES string of the molecule is Cc1cc(Br)ccc1C(=O)N1CCCCO1. The molecule has 1 aliphatic heterocycles. The molecule has 1 amide bonds. The van der Waals surface area contributed by atoms with Gasteiger partial charge in [-0.25, -0.2) is 5.06 Å². The summed E-state index contributed by atoms with van der Waals surface area (Å²) in [4.78, 5) is 17.5. The summed E-state index contributed by atoms with van der Waals surface area (Å²) in [7, 11) is 0. The van der Waals surface area contributed by atoms with Crippen molar-refractivity contribution in [3.8, 4) is 0 Å². The first-order valence-electron chi connectivity index (χ1n) is 5.39. The van der Waals surface area contributed by atoms with Crippen molar-refractivity contribution in [2.24, 2.45) is 0 Å². The summed E-state index contributed by atoms with van der Waals surface area (Å²) in [6, 6.07) is 5.65. The number of aryl methyl sites for hydroxylation is 1. The van der Waals surface area contributed by atoms with Crippen LogP contribution >= 0.6 is 15.9 Å². The molecule has 4 heteroatoms. The highest BCUT2D eigenvalue weighted by molar-refractivity contribution is 9.10. The molecule has 2 rings (SSSR count). The Balaban J connectivity index is 2.19. The molecule has 1 aliphatic rings. The lowest BCUT2D eigenvalue weighted by atomic mass is 10.1. The van der Waals surface area contributed by atoms with Gasteiger partial charge in [-0.05, 0) is 43.5 Å². The van der Waals surface area contributed by atoms with Crippen LogP contribution < -0.4 is 0 Å². The molecule has 0 atom stereocenters. The molecule has 0 bridgehead atoms. The minimum Gasteiger partial charge on any atom is -0.271 e. The fourth-order valence-corrected chi connectivity index (χ4v) is 2.23. The summed E-state index contributed by atoms with van der Waals surface area (Å²) in [6.07, 6.45) is 2.05. The molecule has 1 fully saturated rings. The smallest absolute Gasteiger partial charge is 0.271 e. The van der Waals surface area contributed by atoms with E-state index in [1.54, 1.807) is 0 Å². The molecule has 0 aromatic heterocycles. The van der Waals surface area contributed by atoms with Crippen molar-refractivity contribution < 1.29 is 9.63 Å². The van der Waals surface area contributed by atoms with Crippen LogP contribution in [-0.4, -0.2) is 24.1 Å². The number of carbonyl (C=O) groups excluding carboxylic acids is 1. The van der Waals surface area contributed by atoms with Crippen LogP contribution in [0.1, 0.15) is 28.8 Å². The van der Waals surface area contributed by atoms with Crippen molar-refractivity contribution in [3.63, 3.8) is 0 Å². The zero-order valence-corrected chi connectivity index (χ0v) is 10.8. The third kappa shape index (κ3) is 2.44. The normalized spacial score (nSPS) is 16.2. The lowest BCUT2D eigenvalue weighted by Gasteiger charge is -2.26. The first-order chi connectivity index (χ1) is 7.68. The maximum atomic E-state index is 12.1. The van der Waals surface area contributed by atoms with E-state index in [-0.39, 0.29) is 5.91 Å². The van der Waals surface area contributed by atoms with E-state index in [1.165, 1.54) is 5.06 Å². The Bertz CT molecular complexity index is 400. The molecule has 86 valence electrons. The largest absolute Gasteiger partial charge is 0.277 e. The minimum atomic E-state index is -0.0373. The predicted octanol–water partition coefficient (Wildman–Crippen LogP) is 2.93. The van der Waals surface area contributed by atoms with Gasteiger partial charge in [-0.3, -0.25) is 9.63 Å². The molecule has 0 saturated carbocycles. The van der Waals surface area contributed by atoms with Crippen LogP contribution in [0.15, 0.2) is 22.7 Å². The second-order valence-corrected chi connectivity index (χ2v) is 4.82. The van der Waals surface area contributed by atoms with E-state index >= 15 is 0 Å². The molecule has 3 nitrogen and oxygen atoms in total. The van der Waals surface area contributed by atoms with Crippen LogP contribution in [0.5, 0.6) is 0 Å². The van der Waals surface area contributed by atoms with Gasteiger partial charge in [0.1, 0.15) is 0 Å². The molecular formula is C12H14BrNO2. The number of amides is 1. The first-order valence-corrected chi connectivity index (χ1v) is 6.19. The van der Waals surface area contributed by atoms with E-state index in [4.69, 9.17) is 4.84 Å². The number of carbonyl (C=O) groups is 1. The Morgan fingerprint density at radius 3 is 2.88 bits per heavy atom. The summed E-state index contributed by atoms with van der Waals surface area (Å²) >= 11 is 3.39. The number of hydroxylamine groups is 2. The predicted molar refractivity (Wildman–Crippen MR) is 65.1 cm³/mol. The van der Waals surface area contributed by atoms with Crippen LogP contribution in [0.2, 0.25) is 0 Å². The molecular weight excluding hydrogens is 270 g/mol. The topological polar surface area (TPSA) is 29.5 Å². The molecule has 1 saturated heterocycles. The number of halogens is 1. The molecule has 1 heterocycles. The highest BCUT2D eigenvalue weighted by atomic mass is 79.9. The summed E-state index contributed by atoms with van der Waals surface area (Å²) in [5, 5.41) is 1.47. The fraction of sp³-hybridized carbons (Fsp3) is 0.417. The number of benzene rings is 1. The van der Waals surface area contributed by atoms with Gasteiger partial charge >= 0.3 is 0 Å². The zero-order valence-electron chi connectivity index (χ0n) is 9.20. The summed E-state index contributed by atoms with van der Waals surface area (Å²) in [5.41, 5.74) is 1.68. The van der Waals surface area contributed by atoms with Gasteiger partial charge in [0.2, 0.25) is 0 Å². The summed E-state index contributed by atoms with van der Waals surface area (Å²) in [6.45, 7) is 3.26. The van der Waals surface area contributed by atoms with Crippen LogP contribution in [0.25, 0.3) is 0 Å². The van der Waals surface area contributed by atoms with E-state index in [0.29, 0.717) is 18.7 Å². The Kier molecular flexibility index (Phi) is 3.61. The highest BCUT2D eigenvalue weighted by Crippen LogP contribution is 2.19. The van der Waals surface area contributed by atoms with Crippen molar-refractivity contribution in [1.82, 2.24) is 5.06 Å². The molecule has 0 aliphatic carbocycles. The van der Waals surface area contributed by atoms with Crippen LogP contribution in [0.3, 0.4) is 0 Å². The van der Waals surface area contributed by atoms with Crippen molar-refractivity contribution in [2.45, 2.75) is 19.8 Å². The quantitative estimate of drug-likeness (QED) is 0.793. The molecule has 1 aromatic rings. The minimum absolute atomic E-state index is 0.0373. The Morgan fingerprint density at radius 1 is 1.44 bits per heavy atom. The second kappa shape index (κ2) is 4.97. The first kappa shape index (κ1) is 11.6. The molecule has 0 unspecified atom stereocenters. The molecule has 1 aromatic carbocycles. The van der Waals surface area contributed by atoms with E-state index in [9.17, 15) is 4.79 Å².